The van der Waals surface area contributed by atoms with Crippen molar-refractivity contribution in [3.63, 3.8) is 0 Å². The van der Waals surface area contributed by atoms with E-state index in [1.54, 1.807) is 0 Å². The number of hydrogen-bond acceptors (Lipinski definition) is 4. The average Bonchev–Trinajstić information content (AvgIpc) is 3.53. The van der Waals surface area contributed by atoms with Gasteiger partial charge in [-0.05, 0) is 44.7 Å². The van der Waals surface area contributed by atoms with Crippen molar-refractivity contribution < 1.29 is 4.79 Å². The van der Waals surface area contributed by atoms with Gasteiger partial charge in [0.2, 0.25) is 5.91 Å². The second-order valence-electron chi connectivity index (χ2n) is 9.11. The van der Waals surface area contributed by atoms with Gasteiger partial charge in [-0.1, -0.05) is 72.4 Å². The highest BCUT2D eigenvalue weighted by Gasteiger charge is 2.31. The smallest absolute Gasteiger partial charge is 0.233 e. The number of aromatic nitrogens is 3. The molecule has 1 heterocycles. The Morgan fingerprint density at radius 1 is 1.00 bits per heavy atom. The van der Waals surface area contributed by atoms with Crippen molar-refractivity contribution in [1.82, 2.24) is 19.7 Å². The molecule has 4 rings (SSSR count). The largest absolute Gasteiger partial charge is 0.333 e. The van der Waals surface area contributed by atoms with E-state index in [0.717, 1.165) is 23.1 Å². The topological polar surface area (TPSA) is 51.0 Å². The van der Waals surface area contributed by atoms with E-state index in [9.17, 15) is 4.79 Å². The van der Waals surface area contributed by atoms with Gasteiger partial charge in [-0.15, -0.1) is 10.2 Å². The van der Waals surface area contributed by atoms with Crippen LogP contribution in [0.3, 0.4) is 0 Å². The van der Waals surface area contributed by atoms with Crippen molar-refractivity contribution in [3.8, 4) is 0 Å². The van der Waals surface area contributed by atoms with E-state index in [1.807, 2.05) is 29.2 Å². The van der Waals surface area contributed by atoms with E-state index in [4.69, 9.17) is 0 Å². The van der Waals surface area contributed by atoms with Crippen molar-refractivity contribution in [2.24, 2.45) is 0 Å². The van der Waals surface area contributed by atoms with Gasteiger partial charge in [0, 0.05) is 18.0 Å². The first-order chi connectivity index (χ1) is 14.9. The zero-order chi connectivity index (χ0) is 21.8. The summed E-state index contributed by atoms with van der Waals surface area (Å²) in [5, 5.41) is 9.76. The third kappa shape index (κ3) is 5.56. The lowest BCUT2D eigenvalue weighted by atomic mass is 10.0. The molecular weight excluding hydrogens is 404 g/mol. The normalized spacial score (nSPS) is 13.9. The summed E-state index contributed by atoms with van der Waals surface area (Å²) < 4.78 is 2.20. The zero-order valence-corrected chi connectivity index (χ0v) is 19.3. The van der Waals surface area contributed by atoms with Gasteiger partial charge in [0.25, 0.3) is 0 Å². The molecule has 1 amide bonds. The predicted octanol–water partition coefficient (Wildman–Crippen LogP) is 5.12. The molecule has 3 aromatic rings. The molecule has 6 heteroatoms. The number of rotatable bonds is 8. The first kappa shape index (κ1) is 21.6. The molecule has 1 aliphatic rings. The summed E-state index contributed by atoms with van der Waals surface area (Å²) in [7, 11) is 0. The lowest BCUT2D eigenvalue weighted by Crippen LogP contribution is -2.45. The van der Waals surface area contributed by atoms with Crippen LogP contribution in [-0.4, -0.2) is 36.9 Å². The maximum Gasteiger partial charge on any atom is 0.233 e. The van der Waals surface area contributed by atoms with Gasteiger partial charge in [-0.3, -0.25) is 4.79 Å². The molecule has 0 atom stereocenters. The minimum Gasteiger partial charge on any atom is -0.333 e. The van der Waals surface area contributed by atoms with E-state index in [1.165, 1.54) is 30.2 Å². The lowest BCUT2D eigenvalue weighted by molar-refractivity contribution is -0.133. The summed E-state index contributed by atoms with van der Waals surface area (Å²) in [6, 6.07) is 20.5. The summed E-state index contributed by atoms with van der Waals surface area (Å²) in [6.07, 6.45) is 2.34. The number of carbonyl (C=O) groups is 1. The van der Waals surface area contributed by atoms with Gasteiger partial charge in [-0.25, -0.2) is 0 Å². The molecule has 0 bridgehead atoms. The molecule has 0 N–H and O–H groups in total. The van der Waals surface area contributed by atoms with Crippen LogP contribution in [0.4, 0.5) is 0 Å². The third-order valence-electron chi connectivity index (χ3n) is 5.49. The van der Waals surface area contributed by atoms with Crippen LogP contribution >= 0.6 is 11.8 Å². The number of carbonyl (C=O) groups excluding carboxylic acids is 1. The molecule has 162 valence electrons. The highest BCUT2D eigenvalue weighted by Crippen LogP contribution is 2.40. The molecule has 0 aliphatic heterocycles. The quantitative estimate of drug-likeness (QED) is 0.462. The zero-order valence-electron chi connectivity index (χ0n) is 18.5. The average molecular weight is 435 g/mol. The minimum atomic E-state index is -0.260. The number of amides is 1. The Kier molecular flexibility index (Phi) is 6.46. The second-order valence-corrected chi connectivity index (χ2v) is 10.1. The molecule has 0 saturated heterocycles. The van der Waals surface area contributed by atoms with Crippen molar-refractivity contribution in [2.45, 2.75) is 63.3 Å². The maximum absolute atomic E-state index is 13.2. The Labute approximate surface area is 188 Å². The van der Waals surface area contributed by atoms with Crippen LogP contribution in [0.25, 0.3) is 0 Å². The summed E-state index contributed by atoms with van der Waals surface area (Å²) in [4.78, 5) is 15.2. The van der Waals surface area contributed by atoms with E-state index >= 15 is 0 Å². The molecule has 0 unspecified atom stereocenters. The lowest BCUT2D eigenvalue weighted by Gasteiger charge is -2.36. The molecule has 31 heavy (non-hydrogen) atoms. The van der Waals surface area contributed by atoms with E-state index < -0.39 is 0 Å². The molecule has 1 fully saturated rings. The van der Waals surface area contributed by atoms with Crippen LogP contribution in [0.2, 0.25) is 0 Å². The Morgan fingerprint density at radius 3 is 2.19 bits per heavy atom. The predicted molar refractivity (Wildman–Crippen MR) is 125 cm³/mol. The van der Waals surface area contributed by atoms with Crippen molar-refractivity contribution in [1.29, 1.82) is 0 Å². The highest BCUT2D eigenvalue weighted by molar-refractivity contribution is 7.99. The molecule has 1 saturated carbocycles. The molecule has 0 radical (unpaired) electrons. The van der Waals surface area contributed by atoms with Gasteiger partial charge in [0.1, 0.15) is 5.82 Å². The molecule has 1 aromatic heterocycles. The number of thioether (sulfide) groups is 1. The molecule has 0 spiro atoms. The molecule has 5 nitrogen and oxygen atoms in total. The summed E-state index contributed by atoms with van der Waals surface area (Å²) in [5.74, 6) is 2.02. The van der Waals surface area contributed by atoms with Crippen molar-refractivity contribution >= 4 is 17.7 Å². The van der Waals surface area contributed by atoms with Gasteiger partial charge < -0.3 is 9.47 Å². The van der Waals surface area contributed by atoms with E-state index in [0.29, 0.717) is 18.2 Å². The molecule has 2 aromatic carbocycles. The third-order valence-corrected chi connectivity index (χ3v) is 6.44. The minimum absolute atomic E-state index is 0.114. The summed E-state index contributed by atoms with van der Waals surface area (Å²) in [5.41, 5.74) is 2.10. The standard InChI is InChI=1S/C25H30N4OS/c1-25(2,3)29(17-20-12-8-5-9-13-20)22(30)18-31-24-27-26-23(21-14-15-21)28(24)16-19-10-6-4-7-11-19/h4-13,21H,14-18H2,1-3H3. The van der Waals surface area contributed by atoms with Gasteiger partial charge in [0.15, 0.2) is 5.16 Å². The highest BCUT2D eigenvalue weighted by atomic mass is 32.2. The van der Waals surface area contributed by atoms with Crippen LogP contribution in [0.5, 0.6) is 0 Å². The molecular formula is C25H30N4OS. The number of nitrogens with zero attached hydrogens (tertiary/aromatic N) is 4. The number of hydrogen-bond donors (Lipinski definition) is 0. The summed E-state index contributed by atoms with van der Waals surface area (Å²) >= 11 is 1.49. The fourth-order valence-corrected chi connectivity index (χ4v) is 4.46. The van der Waals surface area contributed by atoms with Gasteiger partial charge in [-0.2, -0.15) is 0 Å². The van der Waals surface area contributed by atoms with E-state index in [2.05, 4.69) is 71.9 Å². The first-order valence-corrected chi connectivity index (χ1v) is 11.8. The van der Waals surface area contributed by atoms with Crippen LogP contribution in [0.15, 0.2) is 65.8 Å². The van der Waals surface area contributed by atoms with Crippen molar-refractivity contribution in [3.05, 3.63) is 77.6 Å². The van der Waals surface area contributed by atoms with Crippen LogP contribution in [0.1, 0.15) is 56.5 Å². The monoisotopic (exact) mass is 434 g/mol. The fourth-order valence-electron chi connectivity index (χ4n) is 3.63. The Morgan fingerprint density at radius 2 is 1.61 bits per heavy atom. The van der Waals surface area contributed by atoms with E-state index in [-0.39, 0.29) is 11.4 Å². The van der Waals surface area contributed by atoms with Crippen LogP contribution in [0, 0.1) is 0 Å². The Bertz CT molecular complexity index is 1010. The van der Waals surface area contributed by atoms with Crippen LogP contribution < -0.4 is 0 Å². The molecule has 1 aliphatic carbocycles. The van der Waals surface area contributed by atoms with Gasteiger partial charge in [0.05, 0.1) is 12.3 Å². The Balaban J connectivity index is 1.49. The second kappa shape index (κ2) is 9.27. The Hall–Kier alpha value is -2.60. The van der Waals surface area contributed by atoms with Gasteiger partial charge >= 0.3 is 0 Å². The van der Waals surface area contributed by atoms with Crippen LogP contribution in [-0.2, 0) is 17.9 Å². The summed E-state index contributed by atoms with van der Waals surface area (Å²) in [6.45, 7) is 7.60. The van der Waals surface area contributed by atoms with Crippen molar-refractivity contribution in [2.75, 3.05) is 5.75 Å². The SMILES string of the molecule is CC(C)(C)N(Cc1ccccc1)C(=O)CSc1nnc(C2CC2)n1Cc1ccccc1. The fraction of sp³-hybridized carbons (Fsp3) is 0.400. The first-order valence-electron chi connectivity index (χ1n) is 10.9. The maximum atomic E-state index is 13.2. The number of benzene rings is 2.